The van der Waals surface area contributed by atoms with Crippen LogP contribution in [-0.4, -0.2) is 32.3 Å². The zero-order chi connectivity index (χ0) is 26.8. The van der Waals surface area contributed by atoms with Crippen LogP contribution in [0.4, 0.5) is 0 Å². The summed E-state index contributed by atoms with van der Waals surface area (Å²) in [6.07, 6.45) is 6.01. The predicted octanol–water partition coefficient (Wildman–Crippen LogP) is 5.32. The number of aliphatic hydroxyl groups is 1. The second-order valence-electron chi connectivity index (χ2n) is 14.9. The zero-order valence-corrected chi connectivity index (χ0v) is 23.8. The van der Waals surface area contributed by atoms with Crippen molar-refractivity contribution in [2.75, 3.05) is 13.2 Å². The molecule has 9 aliphatic rings. The molecule has 0 aromatic heterocycles. The number of hydrogen-bond acceptors (Lipinski definition) is 5. The van der Waals surface area contributed by atoms with Gasteiger partial charge in [0, 0.05) is 10.8 Å². The Morgan fingerprint density at radius 1 is 0.775 bits per heavy atom. The summed E-state index contributed by atoms with van der Waals surface area (Å²) in [4.78, 5) is 0.223. The third kappa shape index (κ3) is 2.20. The summed E-state index contributed by atoms with van der Waals surface area (Å²) in [6.45, 7) is 2.66. The van der Waals surface area contributed by atoms with Gasteiger partial charge in [0.2, 0.25) is 0 Å². The summed E-state index contributed by atoms with van der Waals surface area (Å²) >= 11 is 0. The second kappa shape index (κ2) is 7.18. The van der Waals surface area contributed by atoms with Gasteiger partial charge in [0.1, 0.15) is 5.75 Å². The molecule has 2 aromatic rings. The third-order valence-electron chi connectivity index (χ3n) is 14.6. The maximum atomic E-state index is 13.7. The topological polar surface area (TPSA) is 72.8 Å². The first-order chi connectivity index (χ1) is 19.4. The van der Waals surface area contributed by atoms with Gasteiger partial charge in [0.05, 0.1) is 23.7 Å². The maximum absolute atomic E-state index is 13.7. The highest BCUT2D eigenvalue weighted by Crippen LogP contribution is 2.98. The van der Waals surface area contributed by atoms with Gasteiger partial charge < -0.3 is 9.84 Å². The van der Waals surface area contributed by atoms with E-state index in [0.29, 0.717) is 65.8 Å². The van der Waals surface area contributed by atoms with Crippen molar-refractivity contribution in [1.29, 1.82) is 0 Å². The molecule has 0 aliphatic heterocycles. The van der Waals surface area contributed by atoms with Crippen LogP contribution < -0.4 is 4.74 Å². The molecule has 11 rings (SSSR count). The number of fused-ring (bicyclic) bond motifs is 1. The van der Waals surface area contributed by atoms with Crippen molar-refractivity contribution >= 4 is 10.1 Å². The van der Waals surface area contributed by atoms with Crippen molar-refractivity contribution in [3.8, 4) is 5.75 Å². The lowest BCUT2D eigenvalue weighted by molar-refractivity contribution is -0.279. The van der Waals surface area contributed by atoms with Crippen molar-refractivity contribution in [2.24, 2.45) is 75.9 Å². The van der Waals surface area contributed by atoms with Crippen molar-refractivity contribution in [1.82, 2.24) is 0 Å². The first-order valence-corrected chi connectivity index (χ1v) is 17.1. The van der Waals surface area contributed by atoms with Crippen LogP contribution in [-0.2, 0) is 14.3 Å². The van der Waals surface area contributed by atoms with Gasteiger partial charge in [-0.1, -0.05) is 42.3 Å². The van der Waals surface area contributed by atoms with Crippen molar-refractivity contribution in [3.05, 3.63) is 60.2 Å². The summed E-state index contributed by atoms with van der Waals surface area (Å²) in [5.74, 6) is 6.55. The molecule has 9 bridgehead atoms. The fourth-order valence-corrected chi connectivity index (χ4v) is 15.6. The lowest BCUT2D eigenvalue weighted by Gasteiger charge is -2.64. The van der Waals surface area contributed by atoms with E-state index in [4.69, 9.17) is 8.92 Å². The van der Waals surface area contributed by atoms with Crippen LogP contribution in [0.1, 0.15) is 37.7 Å². The standard InChI is InChI=1S/C34H38O5S/c1-18-10-12-20(13-11-18)40(36,37)39-17-33-29-22-9-5-8-21(22)28-26(29)27-30(33)23-14-15-24-25(23)31(27)32(28,34(24,33)35)16-38-19-6-3-2-4-7-19/h2-4,6-7,10-13,21-31,35H,5,8-9,14-17H2,1H3/t21-,22+,23+,24-,25+,26+,27+,28-,29-,30+,31+,32-,33+,34-/m0/s1. The van der Waals surface area contributed by atoms with Gasteiger partial charge in [-0.05, 0) is 122 Å². The molecule has 14 atom stereocenters. The van der Waals surface area contributed by atoms with Gasteiger partial charge in [-0.25, -0.2) is 0 Å². The Morgan fingerprint density at radius 2 is 1.43 bits per heavy atom. The van der Waals surface area contributed by atoms with Crippen LogP contribution in [0.3, 0.4) is 0 Å². The molecule has 9 aliphatic carbocycles. The van der Waals surface area contributed by atoms with Crippen LogP contribution >= 0.6 is 0 Å². The summed E-state index contributed by atoms with van der Waals surface area (Å²) in [6, 6.07) is 17.1. The third-order valence-corrected chi connectivity index (χ3v) is 15.9. The van der Waals surface area contributed by atoms with Gasteiger partial charge >= 0.3 is 0 Å². The van der Waals surface area contributed by atoms with E-state index in [1.807, 2.05) is 49.4 Å². The Bertz CT molecular complexity index is 1520. The van der Waals surface area contributed by atoms with Crippen molar-refractivity contribution < 1.29 is 22.4 Å². The number of benzene rings is 2. The second-order valence-corrected chi connectivity index (χ2v) is 16.5. The molecule has 40 heavy (non-hydrogen) atoms. The summed E-state index contributed by atoms with van der Waals surface area (Å²) in [5, 5.41) is 13.7. The molecule has 0 heterocycles. The highest BCUT2D eigenvalue weighted by molar-refractivity contribution is 7.86. The zero-order valence-electron chi connectivity index (χ0n) is 23.0. The Morgan fingerprint density at radius 3 is 2.15 bits per heavy atom. The minimum Gasteiger partial charge on any atom is -0.493 e. The smallest absolute Gasteiger partial charge is 0.296 e. The highest BCUT2D eigenvalue weighted by Gasteiger charge is 3.00. The van der Waals surface area contributed by atoms with Gasteiger partial charge in [0.15, 0.2) is 0 Å². The van der Waals surface area contributed by atoms with Crippen LogP contribution in [0.15, 0.2) is 59.5 Å². The average molecular weight is 559 g/mol. The SMILES string of the molecule is Cc1ccc(S(=O)(=O)OC[C@]23[C@@H]4[C@@H]5CC[C@H]6[C@@H]5[C@@H]5[C@@H]4[C@H]4[C@@H]2[C@@H]2CCC[C@@H]2[C@@H]4[C@]5(COc2ccccc2)[C@@]63O)cc1. The molecule has 210 valence electrons. The van der Waals surface area contributed by atoms with Crippen LogP contribution in [0, 0.1) is 82.9 Å². The van der Waals surface area contributed by atoms with E-state index in [2.05, 4.69) is 0 Å². The van der Waals surface area contributed by atoms with Crippen LogP contribution in [0.2, 0.25) is 0 Å². The van der Waals surface area contributed by atoms with Crippen molar-refractivity contribution in [2.45, 2.75) is 49.5 Å². The number of para-hydroxylation sites is 1. The maximum Gasteiger partial charge on any atom is 0.296 e. The lowest BCUT2D eigenvalue weighted by atomic mass is 9.43. The molecule has 1 N–H and O–H groups in total. The Labute approximate surface area is 236 Å². The molecule has 2 aromatic carbocycles. The fraction of sp³-hybridized carbons (Fsp3) is 0.647. The number of rotatable bonds is 7. The quantitative estimate of drug-likeness (QED) is 0.466. The molecule has 0 radical (unpaired) electrons. The predicted molar refractivity (Wildman–Crippen MR) is 148 cm³/mol. The van der Waals surface area contributed by atoms with Gasteiger partial charge in [-0.2, -0.15) is 8.42 Å². The van der Waals surface area contributed by atoms with E-state index in [1.54, 1.807) is 12.1 Å². The Balaban J connectivity index is 1.14. The molecule has 0 amide bonds. The van der Waals surface area contributed by atoms with Crippen LogP contribution in [0.5, 0.6) is 5.75 Å². The van der Waals surface area contributed by atoms with Gasteiger partial charge in [-0.3, -0.25) is 4.18 Å². The van der Waals surface area contributed by atoms with E-state index >= 15 is 0 Å². The van der Waals surface area contributed by atoms with Gasteiger partial charge in [0.25, 0.3) is 10.1 Å². The number of aryl methyl sites for hydroxylation is 1. The molecule has 9 saturated carbocycles. The molecule has 6 heteroatoms. The lowest BCUT2D eigenvalue weighted by Crippen LogP contribution is -2.73. The largest absolute Gasteiger partial charge is 0.493 e. The molecule has 9 fully saturated rings. The molecule has 0 unspecified atom stereocenters. The fourth-order valence-electron chi connectivity index (χ4n) is 14.6. The first kappa shape index (κ1) is 23.6. The molecule has 0 spiro atoms. The Kier molecular flexibility index (Phi) is 4.24. The minimum absolute atomic E-state index is 0.136. The van der Waals surface area contributed by atoms with E-state index in [9.17, 15) is 13.5 Å². The van der Waals surface area contributed by atoms with E-state index in [-0.39, 0.29) is 22.8 Å². The summed E-state index contributed by atoms with van der Waals surface area (Å²) in [7, 11) is -3.93. The number of hydrogen-bond donors (Lipinski definition) is 1. The van der Waals surface area contributed by atoms with Crippen LogP contribution in [0.25, 0.3) is 0 Å². The summed E-state index contributed by atoms with van der Waals surface area (Å²) < 4.78 is 40.2. The van der Waals surface area contributed by atoms with E-state index in [0.717, 1.165) is 17.7 Å². The van der Waals surface area contributed by atoms with Crippen molar-refractivity contribution in [3.63, 3.8) is 0 Å². The molecular formula is C34H38O5S. The molecular weight excluding hydrogens is 520 g/mol. The average Bonchev–Trinajstić information content (AvgIpc) is 3.75. The normalized spacial score (nSPS) is 52.8. The van der Waals surface area contributed by atoms with E-state index < -0.39 is 21.1 Å². The Hall–Kier alpha value is -1.89. The van der Waals surface area contributed by atoms with E-state index in [1.165, 1.54) is 25.7 Å². The molecule has 5 nitrogen and oxygen atoms in total. The minimum atomic E-state index is -3.93. The highest BCUT2D eigenvalue weighted by atomic mass is 32.2. The molecule has 0 saturated heterocycles. The first-order valence-electron chi connectivity index (χ1n) is 15.7. The summed E-state index contributed by atoms with van der Waals surface area (Å²) in [5.41, 5.74) is -0.684. The number of ether oxygens (including phenoxy) is 1. The monoisotopic (exact) mass is 558 g/mol. The van der Waals surface area contributed by atoms with Gasteiger partial charge in [-0.15, -0.1) is 0 Å².